The molecule has 4 N–H and O–H groups in total. The predicted molar refractivity (Wildman–Crippen MR) is 102 cm³/mol. The van der Waals surface area contributed by atoms with E-state index < -0.39 is 6.09 Å². The molecule has 0 unspecified atom stereocenters. The number of nitrogens with one attached hydrogen (secondary N) is 2. The number of benzene rings is 2. The van der Waals surface area contributed by atoms with Crippen molar-refractivity contribution in [2.24, 2.45) is 0 Å². The highest BCUT2D eigenvalue weighted by atomic mass is 16.6. The smallest absolute Gasteiger partial charge is 0.399 e. The standard InChI is InChI=1S/C20H16N4O2/c21-14-9-10-16-15(12-14)18(13-6-2-1-3-7-13)19(23-16)26-20(25)24-17-8-4-5-11-22-17/h1-12,23H,21H2,(H,22,24,25). The Balaban J connectivity index is 1.73. The molecule has 2 heterocycles. The molecule has 0 spiro atoms. The van der Waals surface area contributed by atoms with E-state index in [4.69, 9.17) is 10.5 Å². The summed E-state index contributed by atoms with van der Waals surface area (Å²) in [5.41, 5.74) is 9.11. The summed E-state index contributed by atoms with van der Waals surface area (Å²) < 4.78 is 5.54. The number of fused-ring (bicyclic) bond motifs is 1. The van der Waals surface area contributed by atoms with E-state index in [1.807, 2.05) is 42.5 Å². The van der Waals surface area contributed by atoms with Crippen molar-refractivity contribution in [1.82, 2.24) is 9.97 Å². The van der Waals surface area contributed by atoms with Crippen LogP contribution < -0.4 is 15.8 Å². The van der Waals surface area contributed by atoms with Gasteiger partial charge < -0.3 is 15.5 Å². The first-order valence-corrected chi connectivity index (χ1v) is 8.07. The molecule has 128 valence electrons. The van der Waals surface area contributed by atoms with Gasteiger partial charge in [0.2, 0.25) is 5.88 Å². The van der Waals surface area contributed by atoms with Crippen molar-refractivity contribution in [3.63, 3.8) is 0 Å². The topological polar surface area (TPSA) is 93.0 Å². The number of nitrogens with two attached hydrogens (primary N) is 1. The first-order valence-electron chi connectivity index (χ1n) is 8.07. The van der Waals surface area contributed by atoms with E-state index in [9.17, 15) is 4.79 Å². The molecule has 0 saturated heterocycles. The maximum atomic E-state index is 12.3. The number of aromatic amines is 1. The molecule has 4 rings (SSSR count). The summed E-state index contributed by atoms with van der Waals surface area (Å²) in [7, 11) is 0. The van der Waals surface area contributed by atoms with E-state index in [2.05, 4.69) is 15.3 Å². The lowest BCUT2D eigenvalue weighted by Crippen LogP contribution is -2.17. The van der Waals surface area contributed by atoms with E-state index in [0.717, 1.165) is 22.0 Å². The number of carbonyl (C=O) groups is 1. The molecule has 0 fully saturated rings. The van der Waals surface area contributed by atoms with Gasteiger partial charge in [0.25, 0.3) is 0 Å². The number of ether oxygens (including phenoxy) is 1. The van der Waals surface area contributed by atoms with Crippen molar-refractivity contribution in [2.75, 3.05) is 11.1 Å². The van der Waals surface area contributed by atoms with Crippen LogP contribution >= 0.6 is 0 Å². The molecular weight excluding hydrogens is 328 g/mol. The van der Waals surface area contributed by atoms with Crippen LogP contribution in [0.15, 0.2) is 72.9 Å². The molecule has 1 amide bonds. The van der Waals surface area contributed by atoms with Gasteiger partial charge in [0.05, 0.1) is 5.56 Å². The molecule has 2 aromatic carbocycles. The summed E-state index contributed by atoms with van der Waals surface area (Å²) in [5.74, 6) is 0.768. The number of anilines is 2. The molecule has 0 aliphatic heterocycles. The molecule has 0 aliphatic carbocycles. The SMILES string of the molecule is Nc1ccc2[nH]c(OC(=O)Nc3ccccn3)c(-c3ccccc3)c2c1. The number of carbonyl (C=O) groups excluding carboxylic acids is 1. The molecule has 6 nitrogen and oxygen atoms in total. The zero-order chi connectivity index (χ0) is 17.9. The maximum Gasteiger partial charge on any atom is 0.419 e. The number of pyridine rings is 1. The maximum absolute atomic E-state index is 12.3. The predicted octanol–water partition coefficient (Wildman–Crippen LogP) is 4.42. The molecular formula is C20H16N4O2. The van der Waals surface area contributed by atoms with Crippen molar-refractivity contribution < 1.29 is 9.53 Å². The zero-order valence-corrected chi connectivity index (χ0v) is 13.8. The molecule has 0 aliphatic rings. The third kappa shape index (κ3) is 3.08. The Morgan fingerprint density at radius 2 is 1.85 bits per heavy atom. The van der Waals surface area contributed by atoms with Gasteiger partial charge >= 0.3 is 6.09 Å². The number of rotatable bonds is 3. The van der Waals surface area contributed by atoms with E-state index >= 15 is 0 Å². The van der Waals surface area contributed by atoms with Crippen LogP contribution in [-0.2, 0) is 0 Å². The van der Waals surface area contributed by atoms with Gasteiger partial charge in [0, 0.05) is 22.8 Å². The van der Waals surface area contributed by atoms with E-state index in [1.54, 1.807) is 30.5 Å². The number of hydrogen-bond donors (Lipinski definition) is 3. The third-order valence-corrected chi connectivity index (χ3v) is 3.94. The first-order chi connectivity index (χ1) is 12.7. The number of nitrogens with zero attached hydrogens (tertiary/aromatic N) is 1. The Bertz CT molecular complexity index is 1060. The van der Waals surface area contributed by atoms with Crippen LogP contribution in [0, 0.1) is 0 Å². The number of hydrogen-bond acceptors (Lipinski definition) is 4. The highest BCUT2D eigenvalue weighted by Gasteiger charge is 2.18. The summed E-state index contributed by atoms with van der Waals surface area (Å²) in [6, 6.07) is 20.5. The van der Waals surface area contributed by atoms with E-state index in [-0.39, 0.29) is 0 Å². The van der Waals surface area contributed by atoms with Crippen LogP contribution in [0.25, 0.3) is 22.0 Å². The van der Waals surface area contributed by atoms with Crippen molar-refractivity contribution in [3.8, 4) is 17.0 Å². The number of H-pyrrole nitrogens is 1. The fraction of sp³-hybridized carbons (Fsp3) is 0. The summed E-state index contributed by atoms with van der Waals surface area (Å²) in [4.78, 5) is 19.5. The molecule has 0 radical (unpaired) electrons. The van der Waals surface area contributed by atoms with Gasteiger partial charge in [0.15, 0.2) is 0 Å². The third-order valence-electron chi connectivity index (χ3n) is 3.94. The quantitative estimate of drug-likeness (QED) is 0.480. The lowest BCUT2D eigenvalue weighted by Gasteiger charge is -2.07. The van der Waals surface area contributed by atoms with Gasteiger partial charge in [-0.15, -0.1) is 0 Å². The summed E-state index contributed by atoms with van der Waals surface area (Å²) in [6.07, 6.45) is 0.969. The van der Waals surface area contributed by atoms with Crippen LogP contribution in [0.5, 0.6) is 5.88 Å². The zero-order valence-electron chi connectivity index (χ0n) is 13.8. The fourth-order valence-electron chi connectivity index (χ4n) is 2.81. The van der Waals surface area contributed by atoms with Gasteiger partial charge in [-0.2, -0.15) is 0 Å². The summed E-state index contributed by atoms with van der Waals surface area (Å²) >= 11 is 0. The van der Waals surface area contributed by atoms with Gasteiger partial charge in [-0.05, 0) is 35.9 Å². The first kappa shape index (κ1) is 15.7. The Morgan fingerprint density at radius 3 is 2.62 bits per heavy atom. The van der Waals surface area contributed by atoms with Crippen LogP contribution in [0.1, 0.15) is 0 Å². The van der Waals surface area contributed by atoms with Crippen molar-refractivity contribution in [3.05, 3.63) is 72.9 Å². The molecule has 2 aromatic heterocycles. The van der Waals surface area contributed by atoms with Gasteiger partial charge in [-0.1, -0.05) is 36.4 Å². The van der Waals surface area contributed by atoms with Crippen LogP contribution in [0.2, 0.25) is 0 Å². The number of aromatic nitrogens is 2. The largest absolute Gasteiger partial charge is 0.419 e. The monoisotopic (exact) mass is 344 g/mol. The van der Waals surface area contributed by atoms with Crippen molar-refractivity contribution >= 4 is 28.5 Å². The van der Waals surface area contributed by atoms with Crippen molar-refractivity contribution in [1.29, 1.82) is 0 Å². The molecule has 0 saturated carbocycles. The van der Waals surface area contributed by atoms with Gasteiger partial charge in [0.1, 0.15) is 5.82 Å². The molecule has 6 heteroatoms. The summed E-state index contributed by atoms with van der Waals surface area (Å²) in [6.45, 7) is 0. The highest BCUT2D eigenvalue weighted by molar-refractivity contribution is 6.01. The minimum Gasteiger partial charge on any atom is -0.399 e. The second-order valence-electron chi connectivity index (χ2n) is 5.73. The molecule has 0 atom stereocenters. The minimum absolute atomic E-state index is 0.352. The molecule has 4 aromatic rings. The number of nitrogen functional groups attached to an aromatic ring is 1. The second-order valence-corrected chi connectivity index (χ2v) is 5.73. The van der Waals surface area contributed by atoms with Crippen LogP contribution in [-0.4, -0.2) is 16.1 Å². The van der Waals surface area contributed by atoms with Gasteiger partial charge in [-0.25, -0.2) is 9.78 Å². The van der Waals surface area contributed by atoms with Crippen LogP contribution in [0.4, 0.5) is 16.3 Å². The lowest BCUT2D eigenvalue weighted by molar-refractivity contribution is 0.214. The minimum atomic E-state index is -0.625. The average molecular weight is 344 g/mol. The lowest BCUT2D eigenvalue weighted by atomic mass is 10.0. The number of amides is 1. The van der Waals surface area contributed by atoms with Crippen LogP contribution in [0.3, 0.4) is 0 Å². The highest BCUT2D eigenvalue weighted by Crippen LogP contribution is 2.38. The van der Waals surface area contributed by atoms with Gasteiger partial charge in [-0.3, -0.25) is 5.32 Å². The normalized spacial score (nSPS) is 10.6. The fourth-order valence-corrected chi connectivity index (χ4v) is 2.81. The Labute approximate surface area is 149 Å². The Hall–Kier alpha value is -3.80. The molecule has 26 heavy (non-hydrogen) atoms. The Morgan fingerprint density at radius 1 is 1.04 bits per heavy atom. The van der Waals surface area contributed by atoms with E-state index in [1.165, 1.54) is 0 Å². The molecule has 0 bridgehead atoms. The Kier molecular flexibility index (Phi) is 3.99. The second kappa shape index (κ2) is 6.60. The average Bonchev–Trinajstić information content (AvgIpc) is 3.00. The van der Waals surface area contributed by atoms with Crippen molar-refractivity contribution in [2.45, 2.75) is 0 Å². The summed E-state index contributed by atoms with van der Waals surface area (Å²) in [5, 5.41) is 3.49. The van der Waals surface area contributed by atoms with E-state index in [0.29, 0.717) is 17.4 Å².